The molecule has 1 atom stereocenters. The zero-order valence-electron chi connectivity index (χ0n) is 11.8. The molecule has 1 amide bonds. The molecule has 2 aromatic rings. The van der Waals surface area contributed by atoms with E-state index in [1.165, 1.54) is 11.1 Å². The third-order valence-corrected chi connectivity index (χ3v) is 3.58. The van der Waals surface area contributed by atoms with Gasteiger partial charge in [0.15, 0.2) is 0 Å². The second kappa shape index (κ2) is 6.89. The third kappa shape index (κ3) is 3.95. The fourth-order valence-electron chi connectivity index (χ4n) is 2.33. The molecule has 0 bridgehead atoms. The Morgan fingerprint density at radius 1 is 1.40 bits per heavy atom. The predicted octanol–water partition coefficient (Wildman–Crippen LogP) is 2.18. The highest BCUT2D eigenvalue weighted by atomic mass is 16.1. The summed E-state index contributed by atoms with van der Waals surface area (Å²) < 4.78 is 1.97. The molecule has 2 N–H and O–H groups in total. The van der Waals surface area contributed by atoms with E-state index in [0.29, 0.717) is 6.42 Å². The molecule has 1 unspecified atom stereocenters. The second-order valence-corrected chi connectivity index (χ2v) is 5.07. The van der Waals surface area contributed by atoms with E-state index < -0.39 is 0 Å². The van der Waals surface area contributed by atoms with Gasteiger partial charge in [-0.1, -0.05) is 31.2 Å². The zero-order chi connectivity index (χ0) is 14.4. The molecule has 4 heteroatoms. The van der Waals surface area contributed by atoms with E-state index in [-0.39, 0.29) is 11.8 Å². The molecule has 0 saturated carbocycles. The van der Waals surface area contributed by atoms with Crippen LogP contribution in [0.1, 0.15) is 24.5 Å². The number of carbonyl (C=O) groups is 1. The first-order chi connectivity index (χ1) is 9.69. The largest absolute Gasteiger partial charge is 0.369 e. The van der Waals surface area contributed by atoms with Gasteiger partial charge in [-0.15, -0.1) is 0 Å². The molecule has 1 heterocycles. The second-order valence-electron chi connectivity index (χ2n) is 5.07. The number of nitrogens with two attached hydrogens (primary N) is 1. The number of hydrogen-bond acceptors (Lipinski definition) is 2. The minimum Gasteiger partial charge on any atom is -0.369 e. The maximum Gasteiger partial charge on any atom is 0.220 e. The van der Waals surface area contributed by atoms with Crippen molar-refractivity contribution in [1.82, 2.24) is 9.55 Å². The predicted molar refractivity (Wildman–Crippen MR) is 79.1 cm³/mol. The van der Waals surface area contributed by atoms with E-state index >= 15 is 0 Å². The van der Waals surface area contributed by atoms with Gasteiger partial charge in [-0.2, -0.15) is 0 Å². The molecule has 0 radical (unpaired) electrons. The van der Waals surface area contributed by atoms with Gasteiger partial charge < -0.3 is 10.3 Å². The quantitative estimate of drug-likeness (QED) is 0.839. The van der Waals surface area contributed by atoms with Crippen molar-refractivity contribution < 1.29 is 4.79 Å². The van der Waals surface area contributed by atoms with Crippen molar-refractivity contribution in [2.24, 2.45) is 11.7 Å². The normalized spacial score (nSPS) is 12.2. The van der Waals surface area contributed by atoms with Crippen LogP contribution in [0.4, 0.5) is 0 Å². The summed E-state index contributed by atoms with van der Waals surface area (Å²) in [5.41, 5.74) is 8.00. The molecule has 0 fully saturated rings. The van der Waals surface area contributed by atoms with E-state index in [1.54, 1.807) is 12.5 Å². The SMILES string of the molecule is CCc1cccc(CC(CCn2ccnc2)C(N)=O)c1. The van der Waals surface area contributed by atoms with E-state index in [4.69, 9.17) is 5.73 Å². The number of aromatic nitrogens is 2. The molecule has 1 aromatic heterocycles. The average Bonchev–Trinajstić information content (AvgIpc) is 2.96. The standard InChI is InChI=1S/C16H21N3O/c1-2-13-4-3-5-14(10-13)11-15(16(17)20)6-8-19-9-7-18-12-19/h3-5,7,9-10,12,15H,2,6,8,11H2,1H3,(H2,17,20). The number of benzene rings is 1. The van der Waals surface area contributed by atoms with Crippen molar-refractivity contribution in [2.45, 2.75) is 32.7 Å². The van der Waals surface area contributed by atoms with Crippen LogP contribution in [0, 0.1) is 5.92 Å². The zero-order valence-corrected chi connectivity index (χ0v) is 11.8. The van der Waals surface area contributed by atoms with Gasteiger partial charge in [-0.3, -0.25) is 4.79 Å². The minimum absolute atomic E-state index is 0.135. The van der Waals surface area contributed by atoms with Gasteiger partial charge in [0, 0.05) is 24.9 Å². The Balaban J connectivity index is 1.99. The summed E-state index contributed by atoms with van der Waals surface area (Å²) in [7, 11) is 0. The van der Waals surface area contributed by atoms with Crippen LogP contribution < -0.4 is 5.73 Å². The highest BCUT2D eigenvalue weighted by Crippen LogP contribution is 2.15. The smallest absolute Gasteiger partial charge is 0.220 e. The van der Waals surface area contributed by atoms with Gasteiger partial charge in [-0.05, 0) is 30.4 Å². The van der Waals surface area contributed by atoms with Gasteiger partial charge in [0.1, 0.15) is 0 Å². The van der Waals surface area contributed by atoms with Gasteiger partial charge >= 0.3 is 0 Å². The van der Waals surface area contributed by atoms with Gasteiger partial charge in [0.2, 0.25) is 5.91 Å². The van der Waals surface area contributed by atoms with Gasteiger partial charge in [0.05, 0.1) is 6.33 Å². The van der Waals surface area contributed by atoms with Crippen LogP contribution in [0.3, 0.4) is 0 Å². The number of rotatable bonds is 7. The number of amides is 1. The number of hydrogen-bond donors (Lipinski definition) is 1. The summed E-state index contributed by atoms with van der Waals surface area (Å²) >= 11 is 0. The number of imidazole rings is 1. The van der Waals surface area contributed by atoms with Crippen molar-refractivity contribution in [3.8, 4) is 0 Å². The summed E-state index contributed by atoms with van der Waals surface area (Å²) in [6.45, 7) is 2.89. The lowest BCUT2D eigenvalue weighted by atomic mass is 9.94. The highest BCUT2D eigenvalue weighted by molar-refractivity contribution is 5.76. The molecule has 1 aromatic carbocycles. The molecule has 0 aliphatic rings. The number of aryl methyl sites for hydroxylation is 2. The average molecular weight is 271 g/mol. The Morgan fingerprint density at radius 3 is 2.85 bits per heavy atom. The number of carbonyl (C=O) groups excluding carboxylic acids is 1. The molecule has 4 nitrogen and oxygen atoms in total. The van der Waals surface area contributed by atoms with Gasteiger partial charge in [0.25, 0.3) is 0 Å². The highest BCUT2D eigenvalue weighted by Gasteiger charge is 2.16. The van der Waals surface area contributed by atoms with Crippen LogP contribution in [-0.4, -0.2) is 15.5 Å². The molecule has 2 rings (SSSR count). The van der Waals surface area contributed by atoms with Crippen LogP contribution in [0.2, 0.25) is 0 Å². The van der Waals surface area contributed by atoms with Crippen molar-refractivity contribution in [1.29, 1.82) is 0 Å². The maximum atomic E-state index is 11.6. The van der Waals surface area contributed by atoms with Crippen molar-refractivity contribution in [2.75, 3.05) is 0 Å². The first kappa shape index (κ1) is 14.3. The topological polar surface area (TPSA) is 60.9 Å². The first-order valence-electron chi connectivity index (χ1n) is 7.02. The lowest BCUT2D eigenvalue weighted by Gasteiger charge is -2.14. The Kier molecular flexibility index (Phi) is 4.93. The summed E-state index contributed by atoms with van der Waals surface area (Å²) in [4.78, 5) is 15.6. The fraction of sp³-hybridized carbons (Fsp3) is 0.375. The van der Waals surface area contributed by atoms with Crippen LogP contribution in [0.25, 0.3) is 0 Å². The van der Waals surface area contributed by atoms with Crippen molar-refractivity contribution in [3.05, 3.63) is 54.1 Å². The van der Waals surface area contributed by atoms with Gasteiger partial charge in [-0.25, -0.2) is 4.98 Å². The fourth-order valence-corrected chi connectivity index (χ4v) is 2.33. The third-order valence-electron chi connectivity index (χ3n) is 3.58. The number of nitrogens with zero attached hydrogens (tertiary/aromatic N) is 2. The van der Waals surface area contributed by atoms with E-state index in [2.05, 4.69) is 30.1 Å². The van der Waals surface area contributed by atoms with Crippen molar-refractivity contribution >= 4 is 5.91 Å². The Labute approximate surface area is 119 Å². The summed E-state index contributed by atoms with van der Waals surface area (Å²) in [5, 5.41) is 0. The van der Waals surface area contributed by atoms with Crippen LogP contribution in [0.15, 0.2) is 43.0 Å². The Hall–Kier alpha value is -2.10. The minimum atomic E-state index is -0.230. The maximum absolute atomic E-state index is 11.6. The number of primary amides is 1. The van der Waals surface area contributed by atoms with Crippen LogP contribution in [0.5, 0.6) is 0 Å². The molecule has 0 spiro atoms. The molecule has 20 heavy (non-hydrogen) atoms. The van der Waals surface area contributed by atoms with Crippen molar-refractivity contribution in [3.63, 3.8) is 0 Å². The molecule has 0 aliphatic carbocycles. The summed E-state index contributed by atoms with van der Waals surface area (Å²) in [6, 6.07) is 8.37. The summed E-state index contributed by atoms with van der Waals surface area (Å²) in [5.74, 6) is -0.364. The first-order valence-corrected chi connectivity index (χ1v) is 7.02. The van der Waals surface area contributed by atoms with Crippen LogP contribution >= 0.6 is 0 Å². The molecule has 0 aliphatic heterocycles. The van der Waals surface area contributed by atoms with E-state index in [9.17, 15) is 4.79 Å². The Morgan fingerprint density at radius 2 is 2.20 bits per heavy atom. The molecular weight excluding hydrogens is 250 g/mol. The summed E-state index contributed by atoms with van der Waals surface area (Å²) in [6.07, 6.45) is 7.85. The molecule has 0 saturated heterocycles. The van der Waals surface area contributed by atoms with Crippen LogP contribution in [-0.2, 0) is 24.2 Å². The lowest BCUT2D eigenvalue weighted by molar-refractivity contribution is -0.122. The monoisotopic (exact) mass is 271 g/mol. The molecule has 106 valence electrons. The Bertz CT molecular complexity index is 549. The lowest BCUT2D eigenvalue weighted by Crippen LogP contribution is -2.26. The van der Waals surface area contributed by atoms with E-state index in [1.807, 2.05) is 16.8 Å². The van der Waals surface area contributed by atoms with E-state index in [0.717, 1.165) is 19.4 Å². The molecular formula is C16H21N3O.